The summed E-state index contributed by atoms with van der Waals surface area (Å²) in [6.45, 7) is 2.94. The minimum absolute atomic E-state index is 0.0820. The number of carbonyl (C=O) groups excluding carboxylic acids is 1. The molecular formula is C15H18N2O3S. The van der Waals surface area contributed by atoms with Gasteiger partial charge in [-0.3, -0.25) is 4.79 Å². The number of methoxy groups -OCH3 is 1. The van der Waals surface area contributed by atoms with Crippen molar-refractivity contribution in [3.8, 4) is 5.75 Å². The van der Waals surface area contributed by atoms with Crippen molar-refractivity contribution in [3.05, 3.63) is 40.4 Å². The van der Waals surface area contributed by atoms with Crippen LogP contribution in [0.15, 0.2) is 24.3 Å². The smallest absolute Gasteiger partial charge is 0.210 e. The lowest BCUT2D eigenvalue weighted by Gasteiger charge is -2.10. The molecule has 1 aromatic carbocycles. The maximum Gasteiger partial charge on any atom is 0.210 e. The molecule has 0 fully saturated rings. The molecule has 0 amide bonds. The van der Waals surface area contributed by atoms with Crippen LogP contribution < -0.4 is 4.74 Å². The highest BCUT2D eigenvalue weighted by atomic mass is 32.1. The van der Waals surface area contributed by atoms with Crippen LogP contribution in [0.3, 0.4) is 0 Å². The van der Waals surface area contributed by atoms with Crippen molar-refractivity contribution in [2.24, 2.45) is 0 Å². The number of hydrogen-bond acceptors (Lipinski definition) is 6. The molecule has 0 N–H and O–H groups in total. The number of aromatic nitrogens is 2. The third-order valence-corrected chi connectivity index (χ3v) is 3.69. The van der Waals surface area contributed by atoms with Crippen LogP contribution >= 0.6 is 11.5 Å². The number of hydrogen-bond donors (Lipinski definition) is 0. The predicted molar refractivity (Wildman–Crippen MR) is 81.1 cm³/mol. The molecular weight excluding hydrogens is 288 g/mol. The summed E-state index contributed by atoms with van der Waals surface area (Å²) in [5.41, 5.74) is 1.30. The van der Waals surface area contributed by atoms with Crippen LogP contribution in [-0.4, -0.2) is 35.7 Å². The predicted octanol–water partition coefficient (Wildman–Crippen LogP) is 2.75. The first kappa shape index (κ1) is 15.6. The Hall–Kier alpha value is -1.79. The molecule has 1 aromatic heterocycles. The second kappa shape index (κ2) is 7.85. The third kappa shape index (κ3) is 3.86. The van der Waals surface area contributed by atoms with E-state index < -0.39 is 0 Å². The fraction of sp³-hybridized carbons (Fsp3) is 0.400. The minimum Gasteiger partial charge on any atom is -0.490 e. The van der Waals surface area contributed by atoms with Crippen LogP contribution in [0.1, 0.15) is 34.3 Å². The molecule has 5 nitrogen and oxygen atoms in total. The summed E-state index contributed by atoms with van der Waals surface area (Å²) >= 11 is 1.14. The number of rotatable bonds is 8. The van der Waals surface area contributed by atoms with Crippen molar-refractivity contribution >= 4 is 17.3 Å². The summed E-state index contributed by atoms with van der Waals surface area (Å²) in [6, 6.07) is 7.22. The van der Waals surface area contributed by atoms with E-state index in [1.54, 1.807) is 19.2 Å². The van der Waals surface area contributed by atoms with Gasteiger partial charge in [0, 0.05) is 7.11 Å². The zero-order chi connectivity index (χ0) is 15.1. The molecule has 112 valence electrons. The molecule has 0 radical (unpaired) electrons. The summed E-state index contributed by atoms with van der Waals surface area (Å²) in [5, 5.41) is 4.04. The van der Waals surface area contributed by atoms with Crippen molar-refractivity contribution in [2.45, 2.75) is 19.8 Å². The Labute approximate surface area is 128 Å². The van der Waals surface area contributed by atoms with Crippen molar-refractivity contribution in [3.63, 3.8) is 0 Å². The number of ketones is 1. The normalized spacial score (nSPS) is 10.6. The highest BCUT2D eigenvalue weighted by molar-refractivity contribution is 7.08. The second-order valence-corrected chi connectivity index (χ2v) is 5.22. The van der Waals surface area contributed by atoms with Gasteiger partial charge in [-0.25, -0.2) is 0 Å². The summed E-state index contributed by atoms with van der Waals surface area (Å²) in [6.07, 6.45) is 1.68. The number of ether oxygens (including phenoxy) is 2. The average molecular weight is 306 g/mol. The van der Waals surface area contributed by atoms with Gasteiger partial charge in [0.1, 0.15) is 17.2 Å². The van der Waals surface area contributed by atoms with Crippen molar-refractivity contribution in [2.75, 3.05) is 20.3 Å². The maximum atomic E-state index is 12.7. The van der Waals surface area contributed by atoms with Gasteiger partial charge in [-0.2, -0.15) is 0 Å². The first-order valence-corrected chi connectivity index (χ1v) is 7.62. The molecule has 0 saturated heterocycles. The number of benzene rings is 1. The molecule has 21 heavy (non-hydrogen) atoms. The lowest BCUT2D eigenvalue weighted by molar-refractivity contribution is 0.103. The monoisotopic (exact) mass is 306 g/mol. The van der Waals surface area contributed by atoms with Crippen LogP contribution in [0.25, 0.3) is 0 Å². The Morgan fingerprint density at radius 2 is 2.10 bits per heavy atom. The van der Waals surface area contributed by atoms with E-state index in [2.05, 4.69) is 16.5 Å². The molecule has 0 aliphatic heterocycles. The van der Waals surface area contributed by atoms with Gasteiger partial charge in [0.15, 0.2) is 0 Å². The number of carbonyl (C=O) groups is 1. The Kier molecular flexibility index (Phi) is 5.83. The molecule has 0 bridgehead atoms. The van der Waals surface area contributed by atoms with Crippen LogP contribution in [0.5, 0.6) is 5.75 Å². The average Bonchev–Trinajstić information content (AvgIpc) is 2.96. The molecule has 2 aromatic rings. The standard InChI is InChI=1S/C15H18N2O3S/c1-3-6-12-15(21-17-16-12)14(18)11-7-4-5-8-13(11)20-10-9-19-2/h4-5,7-8H,3,6,9-10H2,1-2H3. The molecule has 0 atom stereocenters. The fourth-order valence-electron chi connectivity index (χ4n) is 1.92. The lowest BCUT2D eigenvalue weighted by atomic mass is 10.1. The Bertz CT molecular complexity index is 598. The topological polar surface area (TPSA) is 61.3 Å². The molecule has 1 heterocycles. The fourth-order valence-corrected chi connectivity index (χ4v) is 2.58. The van der Waals surface area contributed by atoms with Crippen LogP contribution in [-0.2, 0) is 11.2 Å². The summed E-state index contributed by atoms with van der Waals surface area (Å²) in [5.74, 6) is 0.483. The van der Waals surface area contributed by atoms with Gasteiger partial charge in [-0.05, 0) is 30.1 Å². The molecule has 0 aliphatic rings. The largest absolute Gasteiger partial charge is 0.490 e. The van der Waals surface area contributed by atoms with E-state index in [0.29, 0.717) is 29.4 Å². The molecule has 0 spiro atoms. The van der Waals surface area contributed by atoms with Gasteiger partial charge in [0.2, 0.25) is 5.78 Å². The first-order valence-electron chi connectivity index (χ1n) is 6.84. The van der Waals surface area contributed by atoms with Crippen LogP contribution in [0.2, 0.25) is 0 Å². The molecule has 0 unspecified atom stereocenters. The SMILES string of the molecule is CCCc1nnsc1C(=O)c1ccccc1OCCOC. The van der Waals surface area contributed by atoms with Gasteiger partial charge in [0.25, 0.3) is 0 Å². The van der Waals surface area contributed by atoms with E-state index in [9.17, 15) is 4.79 Å². The Balaban J connectivity index is 2.24. The van der Waals surface area contributed by atoms with Crippen LogP contribution in [0, 0.1) is 0 Å². The number of aryl methyl sites for hydroxylation is 1. The van der Waals surface area contributed by atoms with Gasteiger partial charge >= 0.3 is 0 Å². The Morgan fingerprint density at radius 1 is 1.29 bits per heavy atom. The minimum atomic E-state index is -0.0820. The van der Waals surface area contributed by atoms with E-state index >= 15 is 0 Å². The lowest BCUT2D eigenvalue weighted by Crippen LogP contribution is -2.09. The van der Waals surface area contributed by atoms with Crippen molar-refractivity contribution < 1.29 is 14.3 Å². The van der Waals surface area contributed by atoms with E-state index in [1.807, 2.05) is 12.1 Å². The van der Waals surface area contributed by atoms with E-state index in [4.69, 9.17) is 9.47 Å². The van der Waals surface area contributed by atoms with Gasteiger partial charge in [-0.1, -0.05) is 30.0 Å². The highest BCUT2D eigenvalue weighted by Gasteiger charge is 2.20. The van der Waals surface area contributed by atoms with Crippen LogP contribution in [0.4, 0.5) is 0 Å². The van der Waals surface area contributed by atoms with Crippen molar-refractivity contribution in [1.29, 1.82) is 0 Å². The first-order chi connectivity index (χ1) is 10.3. The van der Waals surface area contributed by atoms with Crippen molar-refractivity contribution in [1.82, 2.24) is 9.59 Å². The van der Waals surface area contributed by atoms with E-state index in [0.717, 1.165) is 30.1 Å². The highest BCUT2D eigenvalue weighted by Crippen LogP contribution is 2.24. The molecule has 0 saturated carbocycles. The summed E-state index contributed by atoms with van der Waals surface area (Å²) in [7, 11) is 1.61. The Morgan fingerprint density at radius 3 is 2.86 bits per heavy atom. The number of nitrogens with zero attached hydrogens (tertiary/aromatic N) is 2. The van der Waals surface area contributed by atoms with Gasteiger partial charge in [0.05, 0.1) is 17.9 Å². The van der Waals surface area contributed by atoms with Gasteiger partial charge in [-0.15, -0.1) is 5.10 Å². The molecule has 2 rings (SSSR count). The second-order valence-electron chi connectivity index (χ2n) is 4.47. The van der Waals surface area contributed by atoms with E-state index in [1.165, 1.54) is 0 Å². The van der Waals surface area contributed by atoms with Gasteiger partial charge < -0.3 is 9.47 Å². The zero-order valence-corrected chi connectivity index (χ0v) is 13.0. The summed E-state index contributed by atoms with van der Waals surface area (Å²) in [4.78, 5) is 13.3. The zero-order valence-electron chi connectivity index (χ0n) is 12.2. The molecule has 0 aliphatic carbocycles. The molecule has 6 heteroatoms. The number of para-hydroxylation sites is 1. The third-order valence-electron chi connectivity index (χ3n) is 2.93. The summed E-state index contributed by atoms with van der Waals surface area (Å²) < 4.78 is 14.5. The quantitative estimate of drug-likeness (QED) is 0.554. The van der Waals surface area contributed by atoms with E-state index in [-0.39, 0.29) is 5.78 Å². The maximum absolute atomic E-state index is 12.7.